The number of esters is 1. The lowest BCUT2D eigenvalue weighted by molar-refractivity contribution is -0.384. The van der Waals surface area contributed by atoms with Crippen molar-refractivity contribution in [2.24, 2.45) is 0 Å². The summed E-state index contributed by atoms with van der Waals surface area (Å²) in [4.78, 5) is 23.0. The summed E-state index contributed by atoms with van der Waals surface area (Å²) in [6.45, 7) is 1.81. The van der Waals surface area contributed by atoms with Crippen LogP contribution < -0.4 is 4.90 Å². The first-order valence-corrected chi connectivity index (χ1v) is 4.98. The Balaban J connectivity index is 3.06. The van der Waals surface area contributed by atoms with Gasteiger partial charge in [-0.2, -0.15) is 0 Å². The van der Waals surface area contributed by atoms with Gasteiger partial charge < -0.3 is 9.64 Å². The Morgan fingerprint density at radius 1 is 1.53 bits per heavy atom. The third kappa shape index (κ3) is 3.17. The van der Waals surface area contributed by atoms with Gasteiger partial charge in [-0.15, -0.1) is 0 Å². The van der Waals surface area contributed by atoms with E-state index in [0.29, 0.717) is 5.69 Å². The number of aryl methyl sites for hydroxylation is 1. The monoisotopic (exact) mass is 238 g/mol. The summed E-state index contributed by atoms with van der Waals surface area (Å²) in [6.07, 6.45) is 0. The second-order valence-electron chi connectivity index (χ2n) is 3.68. The molecule has 0 fully saturated rings. The molecule has 1 aromatic carbocycles. The fraction of sp³-hybridized carbons (Fsp3) is 0.364. The fourth-order valence-electron chi connectivity index (χ4n) is 1.44. The predicted octanol–water partition coefficient (Wildman–Crippen LogP) is 1.51. The van der Waals surface area contributed by atoms with Gasteiger partial charge in [-0.25, -0.2) is 0 Å². The molecule has 0 amide bonds. The third-order valence-electron chi connectivity index (χ3n) is 2.33. The average molecular weight is 238 g/mol. The number of ether oxygens (including phenoxy) is 1. The third-order valence-corrected chi connectivity index (χ3v) is 2.33. The van der Waals surface area contributed by atoms with Crippen LogP contribution in [0.25, 0.3) is 0 Å². The molecule has 0 aromatic heterocycles. The molecule has 0 spiro atoms. The summed E-state index contributed by atoms with van der Waals surface area (Å²) in [7, 11) is 2.89. The second-order valence-corrected chi connectivity index (χ2v) is 3.68. The van der Waals surface area contributed by atoms with Gasteiger partial charge in [0.05, 0.1) is 12.0 Å². The molecule has 0 heterocycles. The van der Waals surface area contributed by atoms with Gasteiger partial charge in [0, 0.05) is 13.1 Å². The van der Waals surface area contributed by atoms with Crippen LogP contribution in [0.2, 0.25) is 0 Å². The van der Waals surface area contributed by atoms with Crippen LogP contribution in [0.5, 0.6) is 0 Å². The lowest BCUT2D eigenvalue weighted by atomic mass is 10.2. The first-order valence-electron chi connectivity index (χ1n) is 4.98. The van der Waals surface area contributed by atoms with E-state index in [1.165, 1.54) is 18.1 Å². The van der Waals surface area contributed by atoms with E-state index >= 15 is 0 Å². The standard InChI is InChI=1S/C11H14N2O4/c1-8-4-5-9(13(15)16)10(6-8)12(2)7-11(14)17-3/h4-6H,7H2,1-3H3. The number of carbonyl (C=O) groups is 1. The van der Waals surface area contributed by atoms with Crippen molar-refractivity contribution in [3.05, 3.63) is 33.9 Å². The normalized spacial score (nSPS) is 9.82. The van der Waals surface area contributed by atoms with Crippen LogP contribution in [0.3, 0.4) is 0 Å². The molecule has 0 saturated carbocycles. The number of rotatable bonds is 4. The molecule has 6 heteroatoms. The molecule has 17 heavy (non-hydrogen) atoms. The van der Waals surface area contributed by atoms with Gasteiger partial charge >= 0.3 is 5.97 Å². The second kappa shape index (κ2) is 5.29. The summed E-state index contributed by atoms with van der Waals surface area (Å²) >= 11 is 0. The summed E-state index contributed by atoms with van der Waals surface area (Å²) in [6, 6.07) is 4.76. The molecule has 0 radical (unpaired) electrons. The molecule has 0 saturated heterocycles. The van der Waals surface area contributed by atoms with Crippen LogP contribution in [0.4, 0.5) is 11.4 Å². The summed E-state index contributed by atoms with van der Waals surface area (Å²) in [5.74, 6) is -0.441. The molecule has 0 aliphatic rings. The lowest BCUT2D eigenvalue weighted by Crippen LogP contribution is -2.27. The van der Waals surface area contributed by atoms with Crippen LogP contribution in [-0.2, 0) is 9.53 Å². The molecule has 1 rings (SSSR count). The van der Waals surface area contributed by atoms with Gasteiger partial charge in [-0.1, -0.05) is 6.07 Å². The number of hydrogen-bond donors (Lipinski definition) is 0. The smallest absolute Gasteiger partial charge is 0.325 e. The fourth-order valence-corrected chi connectivity index (χ4v) is 1.44. The molecule has 6 nitrogen and oxygen atoms in total. The molecular weight excluding hydrogens is 224 g/mol. The minimum Gasteiger partial charge on any atom is -0.468 e. The number of anilines is 1. The van der Waals surface area contributed by atoms with E-state index in [4.69, 9.17) is 0 Å². The number of methoxy groups -OCH3 is 1. The van der Waals surface area contributed by atoms with Crippen molar-refractivity contribution >= 4 is 17.3 Å². The van der Waals surface area contributed by atoms with E-state index in [2.05, 4.69) is 4.74 Å². The highest BCUT2D eigenvalue weighted by Crippen LogP contribution is 2.28. The molecule has 0 unspecified atom stereocenters. The highest BCUT2D eigenvalue weighted by Gasteiger charge is 2.18. The molecule has 0 aliphatic heterocycles. The van der Waals surface area contributed by atoms with E-state index in [1.54, 1.807) is 19.2 Å². The van der Waals surface area contributed by atoms with Crippen molar-refractivity contribution in [2.75, 3.05) is 25.6 Å². The Bertz CT molecular complexity index is 445. The highest BCUT2D eigenvalue weighted by molar-refractivity contribution is 5.77. The predicted molar refractivity (Wildman–Crippen MR) is 63.1 cm³/mol. The summed E-state index contributed by atoms with van der Waals surface area (Å²) in [5, 5.41) is 10.9. The quantitative estimate of drug-likeness (QED) is 0.451. The van der Waals surface area contributed by atoms with E-state index < -0.39 is 10.9 Å². The Labute approximate surface area is 98.9 Å². The van der Waals surface area contributed by atoms with Crippen LogP contribution >= 0.6 is 0 Å². The molecule has 0 N–H and O–H groups in total. The minimum absolute atomic E-state index is 0.0259. The van der Waals surface area contributed by atoms with Crippen molar-refractivity contribution in [1.29, 1.82) is 0 Å². The van der Waals surface area contributed by atoms with Crippen molar-refractivity contribution < 1.29 is 14.5 Å². The molecule has 1 aromatic rings. The molecular formula is C11H14N2O4. The zero-order valence-electron chi connectivity index (χ0n) is 9.97. The van der Waals surface area contributed by atoms with Crippen molar-refractivity contribution in [3.63, 3.8) is 0 Å². The highest BCUT2D eigenvalue weighted by atomic mass is 16.6. The van der Waals surface area contributed by atoms with Crippen molar-refractivity contribution in [3.8, 4) is 0 Å². The Morgan fingerprint density at radius 3 is 2.71 bits per heavy atom. The average Bonchev–Trinajstić information content (AvgIpc) is 2.28. The SMILES string of the molecule is COC(=O)CN(C)c1cc(C)ccc1[N+](=O)[O-]. The minimum atomic E-state index is -0.470. The Morgan fingerprint density at radius 2 is 2.18 bits per heavy atom. The van der Waals surface area contributed by atoms with Crippen LogP contribution in [0.1, 0.15) is 5.56 Å². The molecule has 0 atom stereocenters. The van der Waals surface area contributed by atoms with E-state index in [9.17, 15) is 14.9 Å². The summed E-state index contributed by atoms with van der Waals surface area (Å²) < 4.78 is 4.52. The van der Waals surface area contributed by atoms with Crippen molar-refractivity contribution in [1.82, 2.24) is 0 Å². The number of nitro groups is 1. The number of likely N-dealkylation sites (N-methyl/N-ethyl adjacent to an activating group) is 1. The van der Waals surface area contributed by atoms with Gasteiger partial charge in [-0.3, -0.25) is 14.9 Å². The van der Waals surface area contributed by atoms with Gasteiger partial charge in [0.15, 0.2) is 0 Å². The number of nitrogens with zero attached hydrogens (tertiary/aromatic N) is 2. The van der Waals surface area contributed by atoms with Crippen LogP contribution in [0, 0.1) is 17.0 Å². The first kappa shape index (κ1) is 13.0. The molecule has 0 aliphatic carbocycles. The Kier molecular flexibility index (Phi) is 4.03. The van der Waals surface area contributed by atoms with Gasteiger partial charge in [-0.05, 0) is 18.6 Å². The van der Waals surface area contributed by atoms with E-state index in [1.807, 2.05) is 6.92 Å². The summed E-state index contributed by atoms with van der Waals surface area (Å²) in [5.41, 5.74) is 1.27. The maximum Gasteiger partial charge on any atom is 0.325 e. The van der Waals surface area contributed by atoms with Gasteiger partial charge in [0.1, 0.15) is 12.2 Å². The van der Waals surface area contributed by atoms with Crippen LogP contribution in [-0.4, -0.2) is 31.6 Å². The maximum atomic E-state index is 11.1. The maximum absolute atomic E-state index is 11.1. The topological polar surface area (TPSA) is 72.7 Å². The lowest BCUT2D eigenvalue weighted by Gasteiger charge is -2.17. The van der Waals surface area contributed by atoms with Crippen LogP contribution in [0.15, 0.2) is 18.2 Å². The van der Waals surface area contributed by atoms with Gasteiger partial charge in [0.2, 0.25) is 0 Å². The molecule has 0 bridgehead atoms. The number of hydrogen-bond acceptors (Lipinski definition) is 5. The molecule has 92 valence electrons. The van der Waals surface area contributed by atoms with E-state index in [0.717, 1.165) is 5.56 Å². The zero-order valence-corrected chi connectivity index (χ0v) is 9.97. The number of benzene rings is 1. The Hall–Kier alpha value is -2.11. The zero-order chi connectivity index (χ0) is 13.0. The number of nitro benzene ring substituents is 1. The van der Waals surface area contributed by atoms with Crippen molar-refractivity contribution in [2.45, 2.75) is 6.92 Å². The largest absolute Gasteiger partial charge is 0.468 e. The first-order chi connectivity index (χ1) is 7.95. The number of carbonyl (C=O) groups excluding carboxylic acids is 1. The van der Waals surface area contributed by atoms with E-state index in [-0.39, 0.29) is 12.2 Å². The van der Waals surface area contributed by atoms with Gasteiger partial charge in [0.25, 0.3) is 5.69 Å².